The van der Waals surface area contributed by atoms with E-state index in [1.54, 1.807) is 5.56 Å². The van der Waals surface area contributed by atoms with Gasteiger partial charge in [-0.1, -0.05) is 30.7 Å². The summed E-state index contributed by atoms with van der Waals surface area (Å²) in [5, 5.41) is 0. The molecule has 2 aliphatic carbocycles. The smallest absolute Gasteiger partial charge is 0.159 e. The van der Waals surface area contributed by atoms with E-state index in [2.05, 4.69) is 30.1 Å². The molecule has 2 atom stereocenters. The maximum absolute atomic E-state index is 6.38. The fourth-order valence-electron chi connectivity index (χ4n) is 5.24. The van der Waals surface area contributed by atoms with Crippen molar-refractivity contribution in [2.24, 2.45) is 0 Å². The largest absolute Gasteiger partial charge is 0.475 e. The van der Waals surface area contributed by atoms with E-state index in [1.165, 1.54) is 68.6 Å². The number of rotatable bonds is 1. The summed E-state index contributed by atoms with van der Waals surface area (Å²) in [6.45, 7) is 1.25. The lowest BCUT2D eigenvalue weighted by Gasteiger charge is -2.42. The van der Waals surface area contributed by atoms with Crippen molar-refractivity contribution in [3.63, 3.8) is 0 Å². The van der Waals surface area contributed by atoms with Crippen LogP contribution in [-0.4, -0.2) is 29.5 Å². The Labute approximate surface area is 137 Å². The molecule has 1 aromatic carbocycles. The number of nitrogens with zero attached hydrogens (tertiary/aromatic N) is 1. The fourth-order valence-corrected chi connectivity index (χ4v) is 6.60. The van der Waals surface area contributed by atoms with Crippen LogP contribution in [0.2, 0.25) is 0 Å². The number of fused-ring (bicyclic) bond motifs is 2. The lowest BCUT2D eigenvalue weighted by Crippen LogP contribution is -2.43. The second-order valence-corrected chi connectivity index (χ2v) is 9.17. The SMILES string of the molecule is CN1CC[C@]2(c3ccc4c(c3)OC3(CCC3)S4)CCCC[C@H]12. The first-order chi connectivity index (χ1) is 10.7. The summed E-state index contributed by atoms with van der Waals surface area (Å²) in [6, 6.07) is 7.92. The van der Waals surface area contributed by atoms with E-state index in [1.807, 2.05) is 11.8 Å². The summed E-state index contributed by atoms with van der Waals surface area (Å²) in [5.74, 6) is 1.18. The molecule has 0 N–H and O–H groups in total. The van der Waals surface area contributed by atoms with Gasteiger partial charge in [-0.2, -0.15) is 0 Å². The topological polar surface area (TPSA) is 12.5 Å². The van der Waals surface area contributed by atoms with Crippen LogP contribution in [0.1, 0.15) is 56.9 Å². The summed E-state index contributed by atoms with van der Waals surface area (Å²) in [7, 11) is 2.32. The molecule has 22 heavy (non-hydrogen) atoms. The van der Waals surface area contributed by atoms with Crippen LogP contribution < -0.4 is 4.74 Å². The van der Waals surface area contributed by atoms with Crippen molar-refractivity contribution in [1.82, 2.24) is 4.90 Å². The van der Waals surface area contributed by atoms with Gasteiger partial charge in [0.15, 0.2) is 4.93 Å². The van der Waals surface area contributed by atoms with Crippen molar-refractivity contribution in [3.05, 3.63) is 23.8 Å². The van der Waals surface area contributed by atoms with Gasteiger partial charge in [-0.05, 0) is 69.8 Å². The molecule has 3 fully saturated rings. The van der Waals surface area contributed by atoms with Crippen molar-refractivity contribution in [2.45, 2.75) is 72.7 Å². The second kappa shape index (κ2) is 4.67. The van der Waals surface area contributed by atoms with Crippen molar-refractivity contribution in [2.75, 3.05) is 13.6 Å². The summed E-state index contributed by atoms with van der Waals surface area (Å²) in [5.41, 5.74) is 1.95. The number of hydrogen-bond acceptors (Lipinski definition) is 3. The average Bonchev–Trinajstić information content (AvgIpc) is 3.06. The Balaban J connectivity index is 1.52. The number of ether oxygens (including phenoxy) is 1. The van der Waals surface area contributed by atoms with E-state index in [0.29, 0.717) is 5.41 Å². The van der Waals surface area contributed by atoms with E-state index in [4.69, 9.17) is 4.74 Å². The Bertz CT molecular complexity index is 607. The summed E-state index contributed by atoms with van der Waals surface area (Å²) >= 11 is 1.97. The minimum absolute atomic E-state index is 0.108. The third-order valence-electron chi connectivity index (χ3n) is 6.66. The van der Waals surface area contributed by atoms with Crippen LogP contribution in [0.15, 0.2) is 23.1 Å². The summed E-state index contributed by atoms with van der Waals surface area (Å²) in [6.07, 6.45) is 10.6. The highest BCUT2D eigenvalue weighted by Gasteiger charge is 2.50. The average molecular weight is 315 g/mol. The van der Waals surface area contributed by atoms with Gasteiger partial charge in [0.2, 0.25) is 0 Å². The summed E-state index contributed by atoms with van der Waals surface area (Å²) < 4.78 is 6.38. The molecule has 1 spiro atoms. The van der Waals surface area contributed by atoms with Gasteiger partial charge in [-0.3, -0.25) is 0 Å². The van der Waals surface area contributed by atoms with Crippen LogP contribution in [-0.2, 0) is 5.41 Å². The molecule has 2 aliphatic heterocycles. The van der Waals surface area contributed by atoms with Gasteiger partial charge < -0.3 is 9.64 Å². The Kier molecular flexibility index (Phi) is 2.92. The summed E-state index contributed by atoms with van der Waals surface area (Å²) in [4.78, 5) is 4.09. The molecule has 0 amide bonds. The van der Waals surface area contributed by atoms with Gasteiger partial charge in [0.1, 0.15) is 5.75 Å². The van der Waals surface area contributed by atoms with E-state index in [9.17, 15) is 0 Å². The Morgan fingerprint density at radius 1 is 1.14 bits per heavy atom. The fraction of sp³-hybridized carbons (Fsp3) is 0.684. The molecular formula is C19H25NOS. The first-order valence-electron chi connectivity index (χ1n) is 8.94. The standard InChI is InChI=1S/C19H25NOS/c1-20-12-11-18(8-3-2-5-17(18)20)14-6-7-16-15(13-14)21-19(22-16)9-4-10-19/h6-7,13,17H,2-5,8-12H2,1H3/t17-,18-/m0/s1. The molecule has 3 heteroatoms. The third kappa shape index (κ3) is 1.78. The monoisotopic (exact) mass is 315 g/mol. The van der Waals surface area contributed by atoms with E-state index >= 15 is 0 Å². The molecule has 118 valence electrons. The lowest BCUT2D eigenvalue weighted by atomic mass is 9.66. The molecule has 1 aromatic rings. The maximum Gasteiger partial charge on any atom is 0.159 e. The zero-order valence-electron chi connectivity index (χ0n) is 13.4. The maximum atomic E-state index is 6.38. The predicted octanol–water partition coefficient (Wildman–Crippen LogP) is 4.57. The van der Waals surface area contributed by atoms with Crippen LogP contribution in [0.5, 0.6) is 5.75 Å². The number of hydrogen-bond donors (Lipinski definition) is 0. The van der Waals surface area contributed by atoms with Crippen molar-refractivity contribution in [1.29, 1.82) is 0 Å². The van der Waals surface area contributed by atoms with Crippen molar-refractivity contribution >= 4 is 11.8 Å². The first-order valence-corrected chi connectivity index (χ1v) is 9.75. The molecule has 0 bridgehead atoms. The third-order valence-corrected chi connectivity index (χ3v) is 8.08. The first kappa shape index (κ1) is 13.7. The van der Waals surface area contributed by atoms with E-state index in [-0.39, 0.29) is 4.93 Å². The number of thioether (sulfide) groups is 1. The molecule has 2 nitrogen and oxygen atoms in total. The number of likely N-dealkylation sites (N-methyl/N-ethyl adjacent to an activating group) is 1. The van der Waals surface area contributed by atoms with Crippen molar-refractivity contribution < 1.29 is 4.74 Å². The normalized spacial score (nSPS) is 35.8. The van der Waals surface area contributed by atoms with Gasteiger partial charge in [0, 0.05) is 11.5 Å². The zero-order valence-corrected chi connectivity index (χ0v) is 14.3. The molecule has 2 saturated carbocycles. The molecule has 0 unspecified atom stereocenters. The van der Waals surface area contributed by atoms with Crippen LogP contribution in [0.4, 0.5) is 0 Å². The van der Waals surface area contributed by atoms with E-state index < -0.39 is 0 Å². The molecule has 1 saturated heterocycles. The van der Waals surface area contributed by atoms with Crippen LogP contribution in [0.3, 0.4) is 0 Å². The zero-order chi connectivity index (χ0) is 14.8. The van der Waals surface area contributed by atoms with Gasteiger partial charge in [0.05, 0.1) is 4.90 Å². The lowest BCUT2D eigenvalue weighted by molar-refractivity contribution is 0.0904. The Morgan fingerprint density at radius 3 is 2.86 bits per heavy atom. The highest BCUT2D eigenvalue weighted by Crippen LogP contribution is 2.58. The Morgan fingerprint density at radius 2 is 2.05 bits per heavy atom. The van der Waals surface area contributed by atoms with Gasteiger partial charge in [-0.25, -0.2) is 0 Å². The van der Waals surface area contributed by atoms with Crippen LogP contribution >= 0.6 is 11.8 Å². The predicted molar refractivity (Wildman–Crippen MR) is 90.7 cm³/mol. The molecule has 0 radical (unpaired) electrons. The molecule has 0 aromatic heterocycles. The van der Waals surface area contributed by atoms with Gasteiger partial charge in [0.25, 0.3) is 0 Å². The van der Waals surface area contributed by atoms with Crippen LogP contribution in [0.25, 0.3) is 0 Å². The van der Waals surface area contributed by atoms with Gasteiger partial charge >= 0.3 is 0 Å². The molecule has 2 heterocycles. The number of likely N-dealkylation sites (tertiary alicyclic amines) is 1. The van der Waals surface area contributed by atoms with Gasteiger partial charge in [-0.15, -0.1) is 0 Å². The second-order valence-electron chi connectivity index (χ2n) is 7.78. The molecular weight excluding hydrogens is 290 g/mol. The minimum Gasteiger partial charge on any atom is -0.475 e. The quantitative estimate of drug-likeness (QED) is 0.753. The molecule has 5 rings (SSSR count). The highest BCUT2D eigenvalue weighted by atomic mass is 32.2. The highest BCUT2D eigenvalue weighted by molar-refractivity contribution is 8.01. The molecule has 4 aliphatic rings. The number of benzene rings is 1. The van der Waals surface area contributed by atoms with E-state index in [0.717, 1.165) is 6.04 Å². The minimum atomic E-state index is 0.108. The Hall–Kier alpha value is -0.670. The van der Waals surface area contributed by atoms with Crippen molar-refractivity contribution in [3.8, 4) is 5.75 Å². The van der Waals surface area contributed by atoms with Crippen LogP contribution in [0, 0.1) is 0 Å².